The van der Waals surface area contributed by atoms with Gasteiger partial charge in [-0.05, 0) is 44.0 Å². The van der Waals surface area contributed by atoms with Crippen molar-refractivity contribution in [2.75, 3.05) is 7.11 Å². The zero-order valence-electron chi connectivity index (χ0n) is 10.8. The van der Waals surface area contributed by atoms with Gasteiger partial charge in [-0.25, -0.2) is 0 Å². The van der Waals surface area contributed by atoms with E-state index in [-0.39, 0.29) is 0 Å². The lowest BCUT2D eigenvalue weighted by atomic mass is 10.3. The Morgan fingerprint density at radius 3 is 2.71 bits per heavy atom. The quantitative estimate of drug-likeness (QED) is 0.493. The molecule has 8 heteroatoms. The van der Waals surface area contributed by atoms with Crippen LogP contribution in [0.25, 0.3) is 4.96 Å². The maximum absolute atomic E-state index is 6.02. The lowest BCUT2D eigenvalue weighted by molar-refractivity contribution is 0.408. The molecule has 0 aliphatic rings. The minimum absolute atomic E-state index is 0.322. The van der Waals surface area contributed by atoms with Crippen molar-refractivity contribution in [3.05, 3.63) is 38.3 Å². The van der Waals surface area contributed by atoms with E-state index in [2.05, 4.69) is 36.8 Å². The molecule has 0 bridgehead atoms. The minimum Gasteiger partial charge on any atom is -0.496 e. The second kappa shape index (κ2) is 6.16. The molecular weight excluding hydrogens is 443 g/mol. The standard InChI is InChI=1S/C13H9Br2ClN2O2S/c1-19-10-4-8(15)11(5-7(10)14)20-12-9(6-16)18-2-3-21-13(18)17-12/h2-5H,6H2,1H3. The van der Waals surface area contributed by atoms with Crippen LogP contribution in [0.2, 0.25) is 0 Å². The molecule has 0 N–H and O–H groups in total. The van der Waals surface area contributed by atoms with Crippen LogP contribution in [0.5, 0.6) is 17.4 Å². The number of rotatable bonds is 4. The predicted octanol–water partition coefficient (Wildman–Crippen LogP) is 5.46. The van der Waals surface area contributed by atoms with Gasteiger partial charge in [0.15, 0.2) is 4.96 Å². The highest BCUT2D eigenvalue weighted by atomic mass is 79.9. The van der Waals surface area contributed by atoms with Gasteiger partial charge < -0.3 is 9.47 Å². The monoisotopic (exact) mass is 450 g/mol. The zero-order valence-corrected chi connectivity index (χ0v) is 15.5. The molecule has 0 saturated carbocycles. The number of methoxy groups -OCH3 is 1. The summed E-state index contributed by atoms with van der Waals surface area (Å²) in [5.74, 6) is 2.19. The number of fused-ring (bicyclic) bond motifs is 1. The van der Waals surface area contributed by atoms with Gasteiger partial charge in [0.25, 0.3) is 0 Å². The van der Waals surface area contributed by atoms with E-state index in [1.807, 2.05) is 28.1 Å². The number of aromatic nitrogens is 2. The molecule has 3 rings (SSSR count). The van der Waals surface area contributed by atoms with Gasteiger partial charge in [-0.3, -0.25) is 4.40 Å². The van der Waals surface area contributed by atoms with Crippen molar-refractivity contribution < 1.29 is 9.47 Å². The molecule has 1 aromatic carbocycles. The largest absolute Gasteiger partial charge is 0.496 e. The molecule has 2 heterocycles. The summed E-state index contributed by atoms with van der Waals surface area (Å²) in [4.78, 5) is 5.31. The number of ether oxygens (including phenoxy) is 2. The molecule has 3 aromatic rings. The van der Waals surface area contributed by atoms with Crippen LogP contribution in [-0.4, -0.2) is 16.5 Å². The molecule has 0 fully saturated rings. The number of nitrogens with zero attached hydrogens (tertiary/aromatic N) is 2. The summed E-state index contributed by atoms with van der Waals surface area (Å²) in [7, 11) is 1.61. The Bertz CT molecular complexity index is 803. The predicted molar refractivity (Wildman–Crippen MR) is 91.1 cm³/mol. The third kappa shape index (κ3) is 2.79. The second-order valence-corrected chi connectivity index (χ2v) is 6.92. The first-order valence-electron chi connectivity index (χ1n) is 5.85. The molecule has 2 aromatic heterocycles. The second-order valence-electron chi connectivity index (χ2n) is 4.07. The SMILES string of the molecule is COc1cc(Br)c(Oc2nc3sccn3c2CCl)cc1Br. The average Bonchev–Trinajstić information content (AvgIpc) is 3.02. The van der Waals surface area contributed by atoms with Crippen molar-refractivity contribution in [3.63, 3.8) is 0 Å². The number of thiazole rings is 1. The average molecular weight is 453 g/mol. The summed E-state index contributed by atoms with van der Waals surface area (Å²) in [6, 6.07) is 3.66. The van der Waals surface area contributed by atoms with Gasteiger partial charge in [-0.15, -0.1) is 22.9 Å². The number of imidazole rings is 1. The van der Waals surface area contributed by atoms with Crippen molar-refractivity contribution in [2.45, 2.75) is 5.88 Å². The van der Waals surface area contributed by atoms with Crippen molar-refractivity contribution in [1.29, 1.82) is 0 Å². The summed E-state index contributed by atoms with van der Waals surface area (Å²) in [6.07, 6.45) is 1.93. The molecule has 0 saturated heterocycles. The highest BCUT2D eigenvalue weighted by molar-refractivity contribution is 9.11. The van der Waals surface area contributed by atoms with Crippen LogP contribution in [0, 0.1) is 0 Å². The molecule has 21 heavy (non-hydrogen) atoms. The summed E-state index contributed by atoms with van der Waals surface area (Å²) in [5.41, 5.74) is 0.826. The van der Waals surface area contributed by atoms with E-state index >= 15 is 0 Å². The molecular formula is C13H9Br2ClN2O2S. The van der Waals surface area contributed by atoms with E-state index in [0.29, 0.717) is 17.5 Å². The fourth-order valence-electron chi connectivity index (χ4n) is 1.87. The number of hydrogen-bond acceptors (Lipinski definition) is 4. The molecule has 4 nitrogen and oxygen atoms in total. The Morgan fingerprint density at radius 2 is 2.00 bits per heavy atom. The van der Waals surface area contributed by atoms with Crippen LogP contribution in [0.15, 0.2) is 32.7 Å². The third-order valence-electron chi connectivity index (χ3n) is 2.86. The number of hydrogen-bond donors (Lipinski definition) is 0. The van der Waals surface area contributed by atoms with Gasteiger partial charge in [0.2, 0.25) is 5.88 Å². The molecule has 0 unspecified atom stereocenters. The Hall–Kier alpha value is -0.760. The molecule has 110 valence electrons. The summed E-state index contributed by atoms with van der Waals surface area (Å²) >= 11 is 14.5. The van der Waals surface area contributed by atoms with Crippen LogP contribution in [0.3, 0.4) is 0 Å². The molecule has 0 atom stereocenters. The van der Waals surface area contributed by atoms with Crippen LogP contribution < -0.4 is 9.47 Å². The first-order valence-corrected chi connectivity index (χ1v) is 8.85. The van der Waals surface area contributed by atoms with Gasteiger partial charge in [0.1, 0.15) is 17.2 Å². The summed E-state index contributed by atoms with van der Waals surface area (Å²) in [5, 5.41) is 1.96. The Morgan fingerprint density at radius 1 is 1.29 bits per heavy atom. The van der Waals surface area contributed by atoms with E-state index < -0.39 is 0 Å². The fraction of sp³-hybridized carbons (Fsp3) is 0.154. The van der Waals surface area contributed by atoms with E-state index in [0.717, 1.165) is 25.3 Å². The normalized spacial score (nSPS) is 11.0. The lowest BCUT2D eigenvalue weighted by Crippen LogP contribution is -1.93. The summed E-state index contributed by atoms with van der Waals surface area (Å²) < 4.78 is 14.7. The van der Waals surface area contributed by atoms with Gasteiger partial charge in [-0.2, -0.15) is 4.98 Å². The fourth-order valence-corrected chi connectivity index (χ4v) is 3.72. The Balaban J connectivity index is 2.02. The smallest absolute Gasteiger partial charge is 0.243 e. The van der Waals surface area contributed by atoms with Gasteiger partial charge in [-0.1, -0.05) is 0 Å². The highest BCUT2D eigenvalue weighted by Gasteiger charge is 2.16. The van der Waals surface area contributed by atoms with Crippen molar-refractivity contribution in [3.8, 4) is 17.4 Å². The van der Waals surface area contributed by atoms with E-state index in [1.54, 1.807) is 7.11 Å². The van der Waals surface area contributed by atoms with Gasteiger partial charge in [0, 0.05) is 11.6 Å². The van der Waals surface area contributed by atoms with Gasteiger partial charge >= 0.3 is 0 Å². The molecule has 0 spiro atoms. The van der Waals surface area contributed by atoms with Crippen LogP contribution in [0.4, 0.5) is 0 Å². The Kier molecular flexibility index (Phi) is 4.44. The minimum atomic E-state index is 0.322. The molecule has 0 amide bonds. The van der Waals surface area contributed by atoms with Crippen LogP contribution in [0.1, 0.15) is 5.69 Å². The zero-order chi connectivity index (χ0) is 15.0. The van der Waals surface area contributed by atoms with E-state index in [1.165, 1.54) is 11.3 Å². The molecule has 0 aliphatic carbocycles. The maximum atomic E-state index is 6.02. The van der Waals surface area contributed by atoms with E-state index in [4.69, 9.17) is 21.1 Å². The first kappa shape index (κ1) is 15.1. The third-order valence-corrected chi connectivity index (χ3v) is 5.11. The number of alkyl halides is 1. The van der Waals surface area contributed by atoms with Gasteiger partial charge in [0.05, 0.1) is 21.9 Å². The van der Waals surface area contributed by atoms with Crippen LogP contribution >= 0.6 is 54.8 Å². The molecule has 0 aliphatic heterocycles. The van der Waals surface area contributed by atoms with E-state index in [9.17, 15) is 0 Å². The van der Waals surface area contributed by atoms with Crippen molar-refractivity contribution in [1.82, 2.24) is 9.38 Å². The Labute approximate surface area is 146 Å². The highest BCUT2D eigenvalue weighted by Crippen LogP contribution is 2.39. The molecule has 0 radical (unpaired) electrons. The van der Waals surface area contributed by atoms with Crippen LogP contribution in [-0.2, 0) is 5.88 Å². The summed E-state index contributed by atoms with van der Waals surface area (Å²) in [6.45, 7) is 0. The topological polar surface area (TPSA) is 35.8 Å². The maximum Gasteiger partial charge on any atom is 0.243 e. The van der Waals surface area contributed by atoms with Crippen molar-refractivity contribution in [2.24, 2.45) is 0 Å². The number of benzene rings is 1. The number of halogens is 3. The first-order chi connectivity index (χ1) is 10.1. The lowest BCUT2D eigenvalue weighted by Gasteiger charge is -2.10. The van der Waals surface area contributed by atoms with Crippen molar-refractivity contribution >= 4 is 59.8 Å².